The lowest BCUT2D eigenvalue weighted by Gasteiger charge is -2.11. The van der Waals surface area contributed by atoms with E-state index < -0.39 is 10.7 Å². The van der Waals surface area contributed by atoms with Crippen LogP contribution in [-0.2, 0) is 0 Å². The average Bonchev–Trinajstić information content (AvgIpc) is 2.42. The van der Waals surface area contributed by atoms with Gasteiger partial charge in [0.05, 0.1) is 10.5 Å². The molecule has 0 aliphatic rings. The molecule has 0 aromatic heterocycles. The van der Waals surface area contributed by atoms with Gasteiger partial charge in [0.1, 0.15) is 11.6 Å². The molecule has 0 heterocycles. The van der Waals surface area contributed by atoms with Crippen molar-refractivity contribution >= 4 is 27.9 Å². The van der Waals surface area contributed by atoms with Crippen molar-refractivity contribution < 1.29 is 18.8 Å². The highest BCUT2D eigenvalue weighted by molar-refractivity contribution is 9.10. The molecular formula is C14H9BrFNO4. The summed E-state index contributed by atoms with van der Waals surface area (Å²) in [5, 5.41) is 11.1. The van der Waals surface area contributed by atoms with E-state index in [4.69, 9.17) is 4.74 Å². The first kappa shape index (κ1) is 15.1. The van der Waals surface area contributed by atoms with E-state index in [9.17, 15) is 19.3 Å². The summed E-state index contributed by atoms with van der Waals surface area (Å²) < 4.78 is 19.1. The third-order valence-electron chi connectivity index (χ3n) is 2.73. The van der Waals surface area contributed by atoms with Crippen molar-refractivity contribution in [2.75, 3.05) is 0 Å². The molecule has 0 saturated carbocycles. The standard InChI is InChI=1S/C14H9BrFNO4/c1-8-4-10(15)6-12(17(19)20)14(8)21-13-3-2-11(16)5-9(13)7-18/h2-7H,1H3. The minimum Gasteiger partial charge on any atom is -0.449 e. The molecule has 0 aliphatic heterocycles. The Bertz CT molecular complexity index is 733. The summed E-state index contributed by atoms with van der Waals surface area (Å²) in [6, 6.07) is 6.31. The number of carbonyl (C=O) groups excluding carboxylic acids is 1. The Hall–Kier alpha value is -2.28. The maximum absolute atomic E-state index is 13.1. The van der Waals surface area contributed by atoms with Gasteiger partial charge in [0, 0.05) is 10.5 Å². The van der Waals surface area contributed by atoms with Crippen molar-refractivity contribution in [3.05, 3.63) is 61.9 Å². The van der Waals surface area contributed by atoms with E-state index in [2.05, 4.69) is 15.9 Å². The Morgan fingerprint density at radius 3 is 2.67 bits per heavy atom. The summed E-state index contributed by atoms with van der Waals surface area (Å²) in [4.78, 5) is 21.5. The van der Waals surface area contributed by atoms with Gasteiger partial charge in [0.15, 0.2) is 6.29 Å². The molecule has 0 aliphatic carbocycles. The number of nitro groups is 1. The van der Waals surface area contributed by atoms with Gasteiger partial charge in [-0.05, 0) is 36.8 Å². The molecule has 2 rings (SSSR count). The van der Waals surface area contributed by atoms with Gasteiger partial charge in [0.25, 0.3) is 0 Å². The number of benzene rings is 2. The first-order valence-electron chi connectivity index (χ1n) is 5.79. The van der Waals surface area contributed by atoms with Gasteiger partial charge in [-0.1, -0.05) is 15.9 Å². The van der Waals surface area contributed by atoms with Crippen LogP contribution in [0.2, 0.25) is 0 Å². The Balaban J connectivity index is 2.54. The number of nitrogens with zero attached hydrogens (tertiary/aromatic N) is 1. The fourth-order valence-corrected chi connectivity index (χ4v) is 2.36. The molecule has 0 fully saturated rings. The van der Waals surface area contributed by atoms with Crippen LogP contribution in [0.4, 0.5) is 10.1 Å². The number of ether oxygens (including phenoxy) is 1. The van der Waals surface area contributed by atoms with Crippen LogP contribution in [0.5, 0.6) is 11.5 Å². The van der Waals surface area contributed by atoms with Crippen LogP contribution in [0.25, 0.3) is 0 Å². The molecule has 0 bridgehead atoms. The Labute approximate surface area is 127 Å². The summed E-state index contributed by atoms with van der Waals surface area (Å²) in [5.41, 5.74) is 0.243. The number of carbonyl (C=O) groups is 1. The number of nitro benzene ring substituents is 1. The van der Waals surface area contributed by atoms with Crippen LogP contribution in [-0.4, -0.2) is 11.2 Å². The maximum Gasteiger partial charge on any atom is 0.312 e. The van der Waals surface area contributed by atoms with Crippen molar-refractivity contribution in [3.8, 4) is 11.5 Å². The molecule has 0 unspecified atom stereocenters. The number of aryl methyl sites for hydroxylation is 1. The van der Waals surface area contributed by atoms with Crippen molar-refractivity contribution in [3.63, 3.8) is 0 Å². The molecule has 0 atom stereocenters. The van der Waals surface area contributed by atoms with Crippen molar-refractivity contribution in [2.24, 2.45) is 0 Å². The minimum atomic E-state index is -0.591. The quantitative estimate of drug-likeness (QED) is 0.463. The number of halogens is 2. The SMILES string of the molecule is Cc1cc(Br)cc([N+](=O)[O-])c1Oc1ccc(F)cc1C=O. The van der Waals surface area contributed by atoms with E-state index in [0.29, 0.717) is 16.3 Å². The molecule has 0 spiro atoms. The van der Waals surface area contributed by atoms with E-state index in [1.165, 1.54) is 12.1 Å². The summed E-state index contributed by atoms with van der Waals surface area (Å²) >= 11 is 3.17. The zero-order valence-electron chi connectivity index (χ0n) is 10.8. The lowest BCUT2D eigenvalue weighted by Crippen LogP contribution is -1.98. The highest BCUT2D eigenvalue weighted by atomic mass is 79.9. The molecule has 21 heavy (non-hydrogen) atoms. The number of aldehydes is 1. The van der Waals surface area contributed by atoms with Crippen LogP contribution in [0.3, 0.4) is 0 Å². The van der Waals surface area contributed by atoms with Crippen LogP contribution in [0.1, 0.15) is 15.9 Å². The summed E-state index contributed by atoms with van der Waals surface area (Å²) in [7, 11) is 0. The highest BCUT2D eigenvalue weighted by Gasteiger charge is 2.20. The summed E-state index contributed by atoms with van der Waals surface area (Å²) in [6.45, 7) is 1.64. The Kier molecular flexibility index (Phi) is 4.32. The van der Waals surface area contributed by atoms with Gasteiger partial charge >= 0.3 is 5.69 Å². The van der Waals surface area contributed by atoms with E-state index >= 15 is 0 Å². The largest absolute Gasteiger partial charge is 0.449 e. The van der Waals surface area contributed by atoms with Gasteiger partial charge in [-0.25, -0.2) is 4.39 Å². The van der Waals surface area contributed by atoms with Gasteiger partial charge in [-0.15, -0.1) is 0 Å². The van der Waals surface area contributed by atoms with Gasteiger partial charge in [-0.3, -0.25) is 14.9 Å². The average molecular weight is 354 g/mol. The van der Waals surface area contributed by atoms with Crippen molar-refractivity contribution in [2.45, 2.75) is 6.92 Å². The number of hydrogen-bond acceptors (Lipinski definition) is 4. The molecule has 0 amide bonds. The second-order valence-electron chi connectivity index (χ2n) is 4.23. The zero-order valence-corrected chi connectivity index (χ0v) is 12.4. The first-order valence-corrected chi connectivity index (χ1v) is 6.59. The minimum absolute atomic E-state index is 0.0120. The maximum atomic E-state index is 13.1. The van der Waals surface area contributed by atoms with E-state index in [1.54, 1.807) is 13.0 Å². The van der Waals surface area contributed by atoms with Crippen LogP contribution in [0.15, 0.2) is 34.8 Å². The predicted molar refractivity (Wildman–Crippen MR) is 77.4 cm³/mol. The molecule has 7 heteroatoms. The lowest BCUT2D eigenvalue weighted by atomic mass is 10.2. The third-order valence-corrected chi connectivity index (χ3v) is 3.19. The molecule has 5 nitrogen and oxygen atoms in total. The number of rotatable bonds is 4. The van der Waals surface area contributed by atoms with Gasteiger partial charge in [0.2, 0.25) is 5.75 Å². The first-order chi connectivity index (χ1) is 9.92. The monoisotopic (exact) mass is 353 g/mol. The second kappa shape index (κ2) is 6.01. The second-order valence-corrected chi connectivity index (χ2v) is 5.15. The van der Waals surface area contributed by atoms with Crippen molar-refractivity contribution in [1.29, 1.82) is 0 Å². The Morgan fingerprint density at radius 1 is 1.33 bits per heavy atom. The molecule has 0 N–H and O–H groups in total. The summed E-state index contributed by atoms with van der Waals surface area (Å²) in [5.74, 6) is -0.524. The van der Waals surface area contributed by atoms with Crippen LogP contribution < -0.4 is 4.74 Å². The Morgan fingerprint density at radius 2 is 2.05 bits per heavy atom. The van der Waals surface area contributed by atoms with E-state index in [1.807, 2.05) is 0 Å². The van der Waals surface area contributed by atoms with Gasteiger partial charge in [-0.2, -0.15) is 0 Å². The predicted octanol–water partition coefficient (Wildman–Crippen LogP) is 4.41. The smallest absolute Gasteiger partial charge is 0.312 e. The molecular weight excluding hydrogens is 345 g/mol. The third kappa shape index (κ3) is 3.25. The van der Waals surface area contributed by atoms with E-state index in [0.717, 1.165) is 12.1 Å². The summed E-state index contributed by atoms with van der Waals surface area (Å²) in [6.07, 6.45) is 0.429. The zero-order chi connectivity index (χ0) is 15.6. The molecule has 0 saturated heterocycles. The highest BCUT2D eigenvalue weighted by Crippen LogP contribution is 2.38. The molecule has 108 valence electrons. The topological polar surface area (TPSA) is 69.4 Å². The lowest BCUT2D eigenvalue weighted by molar-refractivity contribution is -0.385. The normalized spacial score (nSPS) is 10.2. The molecule has 2 aromatic carbocycles. The van der Waals surface area contributed by atoms with Gasteiger partial charge < -0.3 is 4.74 Å². The molecule has 0 radical (unpaired) electrons. The number of hydrogen-bond donors (Lipinski definition) is 0. The fraction of sp³-hybridized carbons (Fsp3) is 0.0714. The van der Waals surface area contributed by atoms with Crippen LogP contribution >= 0.6 is 15.9 Å². The van der Waals surface area contributed by atoms with Crippen LogP contribution in [0, 0.1) is 22.9 Å². The van der Waals surface area contributed by atoms with Crippen molar-refractivity contribution in [1.82, 2.24) is 0 Å². The van der Waals surface area contributed by atoms with E-state index in [-0.39, 0.29) is 22.7 Å². The fourth-order valence-electron chi connectivity index (χ4n) is 1.79. The molecule has 2 aromatic rings.